The Bertz CT molecular complexity index is 3150. The number of hydrogen-bond donors (Lipinski definition) is 9. The van der Waals surface area contributed by atoms with Crippen LogP contribution in [0, 0.1) is 0 Å². The smallest absolute Gasteiger partial charge is 0.407 e. The van der Waals surface area contributed by atoms with E-state index in [1.165, 1.54) is 66.8 Å². The van der Waals surface area contributed by atoms with Crippen LogP contribution in [0.5, 0.6) is 0 Å². The van der Waals surface area contributed by atoms with Gasteiger partial charge < -0.3 is 70.5 Å². The van der Waals surface area contributed by atoms with Gasteiger partial charge in [-0.2, -0.15) is 0 Å². The summed E-state index contributed by atoms with van der Waals surface area (Å²) in [5, 5.41) is 52.9. The number of amides is 3. The van der Waals surface area contributed by atoms with E-state index >= 15 is 0 Å². The number of aliphatic carboxylic acids is 1. The number of nitrogens with zero attached hydrogens (tertiary/aromatic N) is 1. The van der Waals surface area contributed by atoms with Gasteiger partial charge in [0.1, 0.15) is 19.8 Å². The van der Waals surface area contributed by atoms with E-state index in [1.807, 2.05) is 67.6 Å². The zero-order valence-corrected chi connectivity index (χ0v) is 60.4. The Morgan fingerprint density at radius 1 is 0.500 bits per heavy atom. The molecule has 10 N–H and O–H groups in total. The number of rotatable bonds is 37. The van der Waals surface area contributed by atoms with Crippen LogP contribution in [0.2, 0.25) is 0 Å². The van der Waals surface area contributed by atoms with Crippen LogP contribution < -0.4 is 21.7 Å². The number of fused-ring (bicyclic) bond motifs is 9. The topological polar surface area (TPSA) is 281 Å². The summed E-state index contributed by atoms with van der Waals surface area (Å²) < 4.78 is 31.4. The van der Waals surface area contributed by atoms with E-state index in [4.69, 9.17) is 44.3 Å². The maximum absolute atomic E-state index is 12.4. The molecule has 3 amide bonds. The van der Waals surface area contributed by atoms with Crippen LogP contribution in [0.4, 0.5) is 14.4 Å². The Morgan fingerprint density at radius 2 is 0.830 bits per heavy atom. The molecule has 0 aliphatic heterocycles. The normalized spacial score (nSPS) is 13.9. The van der Waals surface area contributed by atoms with Crippen molar-refractivity contribution in [1.29, 1.82) is 0 Å². The first-order chi connectivity index (χ1) is 48.5. The molecule has 0 aromatic heterocycles. The Balaban J connectivity index is 0.000000225. The molecular formula is C80H110N5O14P. The molecule has 3 aliphatic carbocycles. The third-order valence-corrected chi connectivity index (χ3v) is 20.0. The predicted molar refractivity (Wildman–Crippen MR) is 397 cm³/mol. The first kappa shape index (κ1) is 81.4. The van der Waals surface area contributed by atoms with E-state index in [0.717, 1.165) is 70.6 Å². The summed E-state index contributed by atoms with van der Waals surface area (Å²) in [6.45, 7) is 20.0. The highest BCUT2D eigenvalue weighted by Crippen LogP contribution is 2.49. The van der Waals surface area contributed by atoms with Gasteiger partial charge in [0, 0.05) is 49.5 Å². The summed E-state index contributed by atoms with van der Waals surface area (Å²) in [6, 6.07) is 50.5. The van der Waals surface area contributed by atoms with E-state index in [-0.39, 0.29) is 48.8 Å². The highest BCUT2D eigenvalue weighted by Gasteiger charge is 2.33. The molecule has 0 radical (unpaired) electrons. The number of unbranched alkanes of at least 4 members (excludes halogenated alkanes) is 4. The highest BCUT2D eigenvalue weighted by atomic mass is 31.2. The van der Waals surface area contributed by atoms with Crippen LogP contribution >= 0.6 is 8.53 Å². The number of carboxylic acids is 1. The monoisotopic (exact) mass is 1400 g/mol. The number of aliphatic hydroxyl groups excluding tert-OH is 4. The summed E-state index contributed by atoms with van der Waals surface area (Å²) in [5.41, 5.74) is 19.8. The van der Waals surface area contributed by atoms with Crippen molar-refractivity contribution in [3.05, 3.63) is 192 Å². The van der Waals surface area contributed by atoms with E-state index in [2.05, 4.69) is 147 Å². The molecule has 6 aromatic rings. The SMILES string of the molecule is C=CCOP(O[C@H](CC)CCCCNC(=O)OCC1c2ccccc2-c2ccccc21)N(C(C)C)C(C)C.CC[C@@H](O)CCCCNC(=O)OCC1c2ccccc2-c2ccccc21.NCCCC[C@H](O)C(=O)O.O=C(NCCCC[C@H](O)CO)OCC1c2ccccc2-c2ccccc21. The molecular weight excluding hydrogens is 1290 g/mol. The van der Waals surface area contributed by atoms with E-state index in [0.29, 0.717) is 84.0 Å². The number of ether oxygens (including phenoxy) is 3. The number of carboxylic acid groups (broad SMARTS) is 1. The summed E-state index contributed by atoms with van der Waals surface area (Å²) in [4.78, 5) is 46.4. The molecule has 1 unspecified atom stereocenters. The van der Waals surface area contributed by atoms with E-state index in [9.17, 15) is 29.4 Å². The molecule has 0 saturated heterocycles. The van der Waals surface area contributed by atoms with Gasteiger partial charge in [-0.1, -0.05) is 166 Å². The van der Waals surface area contributed by atoms with Gasteiger partial charge in [0.05, 0.1) is 31.5 Å². The fourth-order valence-electron chi connectivity index (χ4n) is 12.6. The lowest BCUT2D eigenvalue weighted by Gasteiger charge is -2.37. The maximum atomic E-state index is 12.4. The lowest BCUT2D eigenvalue weighted by Crippen LogP contribution is -2.34. The van der Waals surface area contributed by atoms with Gasteiger partial charge in [0.2, 0.25) is 0 Å². The molecule has 0 bridgehead atoms. The lowest BCUT2D eigenvalue weighted by atomic mass is 9.98. The Labute approximate surface area is 594 Å². The van der Waals surface area contributed by atoms with Gasteiger partial charge in [0.15, 0.2) is 6.10 Å². The molecule has 20 heteroatoms. The highest BCUT2D eigenvalue weighted by molar-refractivity contribution is 7.44. The quantitative estimate of drug-likeness (QED) is 0.00759. The van der Waals surface area contributed by atoms with Gasteiger partial charge >= 0.3 is 24.2 Å². The van der Waals surface area contributed by atoms with Crippen LogP contribution in [0.25, 0.3) is 33.4 Å². The summed E-state index contributed by atoms with van der Waals surface area (Å²) in [7, 11) is -1.16. The summed E-state index contributed by atoms with van der Waals surface area (Å²) in [5.74, 6) is -0.928. The molecule has 5 atom stereocenters. The fourth-order valence-corrected chi connectivity index (χ4v) is 14.4. The fraction of sp³-hybridized carbons (Fsp3) is 0.475. The molecule has 19 nitrogen and oxygen atoms in total. The molecule has 9 rings (SSSR count). The molecule has 0 saturated carbocycles. The molecule has 0 spiro atoms. The van der Waals surface area contributed by atoms with Crippen molar-refractivity contribution in [2.75, 3.05) is 59.2 Å². The molecule has 6 aromatic carbocycles. The molecule has 0 heterocycles. The van der Waals surface area contributed by atoms with Crippen molar-refractivity contribution in [3.8, 4) is 33.4 Å². The number of carbonyl (C=O) groups excluding carboxylic acids is 3. The number of nitrogens with one attached hydrogen (secondary N) is 3. The second-order valence-corrected chi connectivity index (χ2v) is 27.2. The third kappa shape index (κ3) is 25.5. The summed E-state index contributed by atoms with van der Waals surface area (Å²) >= 11 is 0. The predicted octanol–water partition coefficient (Wildman–Crippen LogP) is 15.1. The van der Waals surface area contributed by atoms with Crippen molar-refractivity contribution < 1.29 is 68.0 Å². The van der Waals surface area contributed by atoms with Crippen molar-refractivity contribution in [2.45, 2.75) is 186 Å². The van der Waals surface area contributed by atoms with Crippen LogP contribution in [0.3, 0.4) is 0 Å². The molecule has 544 valence electrons. The minimum atomic E-state index is -1.22. The maximum Gasteiger partial charge on any atom is 0.407 e. The first-order valence-corrected chi connectivity index (χ1v) is 36.9. The minimum Gasteiger partial charge on any atom is -0.479 e. The van der Waals surface area contributed by atoms with Gasteiger partial charge in [-0.25, -0.2) is 23.8 Å². The number of carbonyl (C=O) groups is 4. The van der Waals surface area contributed by atoms with Gasteiger partial charge in [0.25, 0.3) is 8.53 Å². The zero-order valence-electron chi connectivity index (χ0n) is 59.5. The number of alkyl carbamates (subject to hydrolysis) is 3. The Hall–Kier alpha value is -7.55. The first-order valence-electron chi connectivity index (χ1n) is 35.8. The third-order valence-electron chi connectivity index (χ3n) is 17.9. The molecule has 100 heavy (non-hydrogen) atoms. The Kier molecular flexibility index (Phi) is 36.4. The van der Waals surface area contributed by atoms with Crippen LogP contribution in [0.1, 0.15) is 183 Å². The van der Waals surface area contributed by atoms with E-state index in [1.54, 1.807) is 6.08 Å². The van der Waals surface area contributed by atoms with Crippen molar-refractivity contribution in [2.24, 2.45) is 5.73 Å². The molecule has 0 fully saturated rings. The second-order valence-electron chi connectivity index (χ2n) is 25.8. The second kappa shape index (κ2) is 44.6. The lowest BCUT2D eigenvalue weighted by molar-refractivity contribution is -0.146. The van der Waals surface area contributed by atoms with Crippen molar-refractivity contribution >= 4 is 32.8 Å². The van der Waals surface area contributed by atoms with Crippen LogP contribution in [-0.4, -0.2) is 150 Å². The number of aliphatic hydroxyl groups is 4. The van der Waals surface area contributed by atoms with Crippen LogP contribution in [-0.2, 0) is 28.1 Å². The largest absolute Gasteiger partial charge is 0.479 e. The Morgan fingerprint density at radius 3 is 1.13 bits per heavy atom. The van der Waals surface area contributed by atoms with Crippen molar-refractivity contribution in [1.82, 2.24) is 20.6 Å². The number of nitrogens with two attached hydrogens (primary N) is 1. The van der Waals surface area contributed by atoms with Crippen LogP contribution in [0.15, 0.2) is 158 Å². The number of hydrogen-bond acceptors (Lipinski definition) is 15. The number of benzene rings is 6. The zero-order chi connectivity index (χ0) is 72.2. The van der Waals surface area contributed by atoms with Gasteiger partial charge in [-0.05, 0) is 191 Å². The standard InChI is InChI=1S/C31H45N2O4P.C22H27NO3.C21H25NO4.C6H13NO3/c1-7-21-36-38(33(23(3)4)24(5)6)37-25(8-2)15-13-14-20-32-31(34)35-22-30-28-18-11-9-16-26(28)27-17-10-12-19-29(27)30;1-2-16(24)9-7-8-14-23-22(25)26-15-21-19-12-5-3-10-17(19)18-11-4-6-13-20(18)21;23-13-15(24)7-5-6-12-22-21(25)26-14-20-18-10-3-1-8-16(18)17-9-2-4-11-19(17)20;7-4-2-1-3-5(8)6(9)10/h7,9-12,16-19,23-25,30H,1,8,13-15,20-22H2,2-6H3,(H,32,34);3-6,10-13,16,21,24H,2,7-9,14-15H2,1H3,(H,23,25);1-4,8-11,15,20,23-24H,5-7,12-14H2,(H,22,25);5,8H,1-4,7H2,(H,9,10)/t25-,38?;16-;15-;5-/m1100/s1. The van der Waals surface area contributed by atoms with Crippen molar-refractivity contribution in [3.63, 3.8) is 0 Å². The summed E-state index contributed by atoms with van der Waals surface area (Å²) in [6.07, 6.45) is 9.32. The van der Waals surface area contributed by atoms with Gasteiger partial charge in [-0.15, -0.1) is 6.58 Å². The van der Waals surface area contributed by atoms with E-state index < -0.39 is 32.8 Å². The average molecular weight is 1400 g/mol. The minimum absolute atomic E-state index is 0.0628. The average Bonchev–Trinajstić information content (AvgIpc) is 1.64. The van der Waals surface area contributed by atoms with Gasteiger partial charge in [-0.3, -0.25) is 0 Å². The molecule has 3 aliphatic rings.